The van der Waals surface area contributed by atoms with E-state index in [0.29, 0.717) is 24.5 Å². The summed E-state index contributed by atoms with van der Waals surface area (Å²) in [4.78, 5) is 29.9. The van der Waals surface area contributed by atoms with Gasteiger partial charge in [-0.25, -0.2) is 0 Å². The number of aromatic nitrogens is 1. The van der Waals surface area contributed by atoms with Crippen LogP contribution in [0.3, 0.4) is 0 Å². The minimum absolute atomic E-state index is 0. The van der Waals surface area contributed by atoms with Gasteiger partial charge < -0.3 is 15.4 Å². The fraction of sp³-hybridized carbons (Fsp3) is 0.444. The second kappa shape index (κ2) is 9.57. The first-order chi connectivity index (χ1) is 15.8. The van der Waals surface area contributed by atoms with Crippen molar-refractivity contribution in [1.82, 2.24) is 10.3 Å². The largest absolute Gasteiger partial charge is 0.370 e. The van der Waals surface area contributed by atoms with E-state index < -0.39 is 0 Å². The third kappa shape index (κ3) is 5.23. The highest BCUT2D eigenvalue weighted by atomic mass is 16.5. The van der Waals surface area contributed by atoms with Crippen molar-refractivity contribution >= 4 is 17.4 Å². The molecule has 0 spiro atoms. The Balaban J connectivity index is 0.00000216. The Labute approximate surface area is 198 Å². The van der Waals surface area contributed by atoms with Crippen LogP contribution in [0.5, 0.6) is 0 Å². The Hall–Kier alpha value is -2.83. The lowest BCUT2D eigenvalue weighted by molar-refractivity contribution is -0.115. The zero-order valence-electron chi connectivity index (χ0n) is 20.0. The van der Waals surface area contributed by atoms with Gasteiger partial charge in [-0.15, -0.1) is 0 Å². The summed E-state index contributed by atoms with van der Waals surface area (Å²) in [5.74, 6) is -0.505. The van der Waals surface area contributed by atoms with Gasteiger partial charge in [0.15, 0.2) is 5.78 Å². The SMILES string of the molecule is CCc1cccc(-c2cnc(C(=O)C(C)C)c(NC(=O)CNCC3=C4CC(C)(C4)OC3)c2)c1.[HH].[HH]. The van der Waals surface area contributed by atoms with Crippen molar-refractivity contribution in [3.8, 4) is 11.1 Å². The molecule has 1 fully saturated rings. The van der Waals surface area contributed by atoms with Crippen LogP contribution in [0.2, 0.25) is 0 Å². The van der Waals surface area contributed by atoms with Crippen LogP contribution in [0.4, 0.5) is 5.69 Å². The molecule has 2 aliphatic heterocycles. The highest BCUT2D eigenvalue weighted by molar-refractivity contribution is 6.05. The van der Waals surface area contributed by atoms with E-state index in [-0.39, 0.29) is 32.6 Å². The van der Waals surface area contributed by atoms with Gasteiger partial charge in [0.2, 0.25) is 5.91 Å². The number of anilines is 1. The maximum Gasteiger partial charge on any atom is 0.238 e. The van der Waals surface area contributed by atoms with Gasteiger partial charge in [0.05, 0.1) is 24.4 Å². The lowest BCUT2D eigenvalue weighted by Crippen LogP contribution is -2.46. The molecule has 6 heteroatoms. The summed E-state index contributed by atoms with van der Waals surface area (Å²) < 4.78 is 5.89. The molecule has 1 aromatic heterocycles. The Bertz CT molecular complexity index is 1110. The number of hydrogen-bond donors (Lipinski definition) is 2. The molecule has 3 heterocycles. The smallest absolute Gasteiger partial charge is 0.238 e. The Kier molecular flexibility index (Phi) is 6.77. The number of amides is 1. The second-order valence-corrected chi connectivity index (χ2v) is 9.64. The topological polar surface area (TPSA) is 80.3 Å². The summed E-state index contributed by atoms with van der Waals surface area (Å²) in [5.41, 5.74) is 6.59. The van der Waals surface area contributed by atoms with Gasteiger partial charge in [-0.05, 0) is 49.0 Å². The number of aryl methyl sites for hydroxylation is 1. The first-order valence-electron chi connectivity index (χ1n) is 11.8. The average Bonchev–Trinajstić information content (AvgIpc) is 2.79. The summed E-state index contributed by atoms with van der Waals surface area (Å²) in [6.45, 7) is 9.35. The van der Waals surface area contributed by atoms with Crippen molar-refractivity contribution in [2.24, 2.45) is 5.92 Å². The number of Topliss-reactive ketones (excluding diaryl/α,β-unsaturated/α-hetero) is 1. The van der Waals surface area contributed by atoms with E-state index in [0.717, 1.165) is 30.4 Å². The molecule has 2 aromatic rings. The number of rotatable bonds is 9. The molecule has 178 valence electrons. The summed E-state index contributed by atoms with van der Waals surface area (Å²) in [6, 6.07) is 10.1. The molecule has 2 bridgehead atoms. The molecular weight excluding hydrogens is 414 g/mol. The molecule has 3 aliphatic rings. The average molecular weight is 452 g/mol. The van der Waals surface area contributed by atoms with Gasteiger partial charge in [-0.2, -0.15) is 0 Å². The molecule has 1 amide bonds. The summed E-state index contributed by atoms with van der Waals surface area (Å²) in [7, 11) is 0. The van der Waals surface area contributed by atoms with Crippen LogP contribution in [-0.2, 0) is 16.0 Å². The zero-order chi connectivity index (χ0) is 23.6. The number of nitrogens with zero attached hydrogens (tertiary/aromatic N) is 1. The number of ether oxygens (including phenoxy) is 1. The van der Waals surface area contributed by atoms with E-state index in [4.69, 9.17) is 4.74 Å². The van der Waals surface area contributed by atoms with Gasteiger partial charge in [0, 0.05) is 27.1 Å². The van der Waals surface area contributed by atoms with Crippen molar-refractivity contribution < 1.29 is 17.2 Å². The molecule has 1 saturated carbocycles. The number of hydrogen-bond acceptors (Lipinski definition) is 5. The van der Waals surface area contributed by atoms with Crippen molar-refractivity contribution in [3.05, 3.63) is 58.9 Å². The number of benzene rings is 1. The predicted molar refractivity (Wildman–Crippen MR) is 135 cm³/mol. The van der Waals surface area contributed by atoms with Crippen LogP contribution in [0, 0.1) is 5.92 Å². The number of carbonyl (C=O) groups is 2. The number of carbonyl (C=O) groups excluding carboxylic acids is 2. The Morgan fingerprint density at radius 3 is 2.67 bits per heavy atom. The lowest BCUT2D eigenvalue weighted by Gasteiger charge is -2.47. The monoisotopic (exact) mass is 451 g/mol. The molecule has 0 radical (unpaired) electrons. The van der Waals surface area contributed by atoms with Crippen LogP contribution in [0.15, 0.2) is 47.7 Å². The second-order valence-electron chi connectivity index (χ2n) is 9.64. The van der Waals surface area contributed by atoms with E-state index >= 15 is 0 Å². The molecule has 0 unspecified atom stereocenters. The third-order valence-corrected chi connectivity index (χ3v) is 6.48. The van der Waals surface area contributed by atoms with E-state index in [2.05, 4.69) is 41.6 Å². The predicted octanol–water partition coefficient (Wildman–Crippen LogP) is 5.05. The molecule has 1 aromatic carbocycles. The number of pyridine rings is 1. The molecule has 1 aliphatic carbocycles. The van der Waals surface area contributed by atoms with Crippen LogP contribution in [0.1, 0.15) is 59.4 Å². The molecule has 33 heavy (non-hydrogen) atoms. The molecule has 6 nitrogen and oxygen atoms in total. The van der Waals surface area contributed by atoms with Crippen molar-refractivity contribution in [1.29, 1.82) is 0 Å². The summed E-state index contributed by atoms with van der Waals surface area (Å²) in [6.07, 6.45) is 4.63. The van der Waals surface area contributed by atoms with E-state index in [9.17, 15) is 9.59 Å². The minimum Gasteiger partial charge on any atom is -0.370 e. The normalized spacial score (nSPS) is 16.5. The molecule has 0 saturated heterocycles. The zero-order valence-corrected chi connectivity index (χ0v) is 20.0. The van der Waals surface area contributed by atoms with Crippen LogP contribution >= 0.6 is 0 Å². The van der Waals surface area contributed by atoms with Gasteiger partial charge in [0.25, 0.3) is 0 Å². The molecule has 0 atom stereocenters. The quantitative estimate of drug-likeness (QED) is 0.412. The van der Waals surface area contributed by atoms with Crippen molar-refractivity contribution in [3.63, 3.8) is 0 Å². The fourth-order valence-corrected chi connectivity index (χ4v) is 4.42. The Morgan fingerprint density at radius 2 is 2.00 bits per heavy atom. The van der Waals surface area contributed by atoms with Gasteiger partial charge in [-0.3, -0.25) is 14.6 Å². The first kappa shape index (κ1) is 23.3. The van der Waals surface area contributed by atoms with Crippen LogP contribution in [-0.4, -0.2) is 42.0 Å². The molecule has 5 rings (SSSR count). The highest BCUT2D eigenvalue weighted by Crippen LogP contribution is 2.45. The third-order valence-electron chi connectivity index (χ3n) is 6.48. The van der Waals surface area contributed by atoms with Crippen molar-refractivity contribution in [2.75, 3.05) is 25.0 Å². The maximum absolute atomic E-state index is 12.7. The summed E-state index contributed by atoms with van der Waals surface area (Å²) in [5, 5.41) is 6.14. The van der Waals surface area contributed by atoms with Gasteiger partial charge >= 0.3 is 0 Å². The maximum atomic E-state index is 12.7. The Morgan fingerprint density at radius 1 is 1.21 bits per heavy atom. The molecular formula is C27H37N3O3. The van der Waals surface area contributed by atoms with E-state index in [1.54, 1.807) is 6.20 Å². The van der Waals surface area contributed by atoms with Crippen LogP contribution in [0.25, 0.3) is 11.1 Å². The standard InChI is InChI=1S/C27H33N3O3.2H2/c1-5-18-7-6-8-19(9-18)20-10-23(25(29-14-20)26(32)17(2)3)30-24(31)15-28-13-22-16-33-27(4)11-21(22)12-27;;/h6-10,14,17,28H,5,11-13,15-16H2,1-4H3,(H,30,31);2*1H. The van der Waals surface area contributed by atoms with E-state index in [1.165, 1.54) is 16.7 Å². The first-order valence-corrected chi connectivity index (χ1v) is 11.8. The summed E-state index contributed by atoms with van der Waals surface area (Å²) >= 11 is 0. The minimum atomic E-state index is -0.214. The van der Waals surface area contributed by atoms with Crippen LogP contribution < -0.4 is 10.6 Å². The fourth-order valence-electron chi connectivity index (χ4n) is 4.42. The lowest BCUT2D eigenvalue weighted by atomic mass is 9.72. The molecule has 2 N–H and O–H groups in total. The number of ketones is 1. The highest BCUT2D eigenvalue weighted by Gasteiger charge is 2.42. The van der Waals surface area contributed by atoms with Crippen molar-refractivity contribution in [2.45, 2.75) is 52.6 Å². The van der Waals surface area contributed by atoms with Gasteiger partial charge in [0.1, 0.15) is 5.69 Å². The number of fused-ring (bicyclic) bond motifs is 2. The number of nitrogens with one attached hydrogen (secondary N) is 2. The van der Waals surface area contributed by atoms with E-state index in [1.807, 2.05) is 32.0 Å². The van der Waals surface area contributed by atoms with Gasteiger partial charge in [-0.1, -0.05) is 50.6 Å².